The number of hydrogen-bond acceptors (Lipinski definition) is 8. The van der Waals surface area contributed by atoms with Crippen molar-refractivity contribution in [1.82, 2.24) is 0 Å². The summed E-state index contributed by atoms with van der Waals surface area (Å²) in [5.74, 6) is -0.441. The molecule has 1 aliphatic heterocycles. The second-order valence-electron chi connectivity index (χ2n) is 6.64. The van der Waals surface area contributed by atoms with Crippen molar-refractivity contribution < 1.29 is 39.8 Å². The zero-order valence-corrected chi connectivity index (χ0v) is 14.9. The third-order valence-electron chi connectivity index (χ3n) is 4.74. The molecule has 0 aliphatic carbocycles. The first kappa shape index (κ1) is 19.5. The average molecular weight is 378 g/mol. The molecule has 1 heterocycles. The molecule has 1 aliphatic rings. The van der Waals surface area contributed by atoms with Crippen molar-refractivity contribution in [2.75, 3.05) is 6.61 Å². The molecule has 5 N–H and O–H groups in total. The van der Waals surface area contributed by atoms with E-state index in [9.17, 15) is 30.3 Å². The zero-order valence-electron chi connectivity index (χ0n) is 14.9. The smallest absolute Gasteiger partial charge is 0.229 e. The van der Waals surface area contributed by atoms with Crippen LogP contribution in [0.2, 0.25) is 0 Å². The van der Waals surface area contributed by atoms with Gasteiger partial charge in [-0.05, 0) is 30.9 Å². The summed E-state index contributed by atoms with van der Waals surface area (Å²) >= 11 is 0. The highest BCUT2D eigenvalue weighted by Gasteiger charge is 2.44. The Labute approximate surface area is 155 Å². The minimum Gasteiger partial charge on any atom is -0.506 e. The first-order valence-corrected chi connectivity index (χ1v) is 8.49. The van der Waals surface area contributed by atoms with Crippen molar-refractivity contribution in [1.29, 1.82) is 0 Å². The number of aliphatic hydroxyl groups excluding tert-OH is 4. The lowest BCUT2D eigenvalue weighted by Gasteiger charge is -2.39. The summed E-state index contributed by atoms with van der Waals surface area (Å²) in [7, 11) is 0. The SMILES string of the molecule is CC(=O)c1c(C)cc2cccc(O[C@@H]3O[C@@H](CO)[C@@H](O)[C@@H](O)[C@H]3O)c2c1O. The van der Waals surface area contributed by atoms with Gasteiger partial charge in [0.2, 0.25) is 6.29 Å². The van der Waals surface area contributed by atoms with E-state index in [0.717, 1.165) is 0 Å². The number of carbonyl (C=O) groups excluding carboxylic acids is 1. The molecule has 2 aromatic rings. The van der Waals surface area contributed by atoms with E-state index in [0.29, 0.717) is 10.9 Å². The number of ether oxygens (including phenoxy) is 2. The topological polar surface area (TPSA) is 137 Å². The number of aliphatic hydroxyl groups is 4. The summed E-state index contributed by atoms with van der Waals surface area (Å²) < 4.78 is 11.0. The van der Waals surface area contributed by atoms with Crippen LogP contribution in [0.25, 0.3) is 10.8 Å². The van der Waals surface area contributed by atoms with Gasteiger partial charge in [0.15, 0.2) is 5.78 Å². The van der Waals surface area contributed by atoms with Crippen molar-refractivity contribution in [2.24, 2.45) is 0 Å². The van der Waals surface area contributed by atoms with Gasteiger partial charge in [0.05, 0.1) is 17.6 Å². The van der Waals surface area contributed by atoms with Gasteiger partial charge in [0.1, 0.15) is 35.9 Å². The van der Waals surface area contributed by atoms with Crippen LogP contribution < -0.4 is 4.74 Å². The van der Waals surface area contributed by atoms with Gasteiger partial charge in [-0.3, -0.25) is 4.79 Å². The molecular formula is C19H22O8. The van der Waals surface area contributed by atoms with Crippen molar-refractivity contribution in [3.8, 4) is 11.5 Å². The molecule has 5 atom stereocenters. The van der Waals surface area contributed by atoms with E-state index in [2.05, 4.69) is 0 Å². The molecule has 1 fully saturated rings. The van der Waals surface area contributed by atoms with Gasteiger partial charge in [-0.2, -0.15) is 0 Å². The summed E-state index contributed by atoms with van der Waals surface area (Å²) in [5, 5.41) is 50.7. The van der Waals surface area contributed by atoms with Crippen LogP contribution in [0, 0.1) is 6.92 Å². The lowest BCUT2D eigenvalue weighted by Crippen LogP contribution is -2.60. The maximum atomic E-state index is 11.9. The first-order valence-electron chi connectivity index (χ1n) is 8.49. The fourth-order valence-electron chi connectivity index (χ4n) is 3.37. The normalized spacial score (nSPS) is 28.3. The zero-order chi connectivity index (χ0) is 19.9. The van der Waals surface area contributed by atoms with Gasteiger partial charge < -0.3 is 35.0 Å². The molecule has 0 radical (unpaired) electrons. The predicted octanol–water partition coefficient (Wildman–Crippen LogP) is 0.235. The molecule has 0 aromatic heterocycles. The van der Waals surface area contributed by atoms with Crippen molar-refractivity contribution in [2.45, 2.75) is 44.6 Å². The summed E-state index contributed by atoms with van der Waals surface area (Å²) in [5.41, 5.74) is 0.768. The van der Waals surface area contributed by atoms with E-state index >= 15 is 0 Å². The van der Waals surface area contributed by atoms with Crippen molar-refractivity contribution in [3.63, 3.8) is 0 Å². The molecule has 3 rings (SSSR count). The second-order valence-corrected chi connectivity index (χ2v) is 6.64. The van der Waals surface area contributed by atoms with Gasteiger partial charge in [0, 0.05) is 0 Å². The number of hydrogen-bond donors (Lipinski definition) is 5. The fourth-order valence-corrected chi connectivity index (χ4v) is 3.37. The van der Waals surface area contributed by atoms with Gasteiger partial charge in [-0.25, -0.2) is 0 Å². The van der Waals surface area contributed by atoms with E-state index in [1.54, 1.807) is 25.1 Å². The first-order chi connectivity index (χ1) is 12.8. The Morgan fingerprint density at radius 2 is 1.89 bits per heavy atom. The number of carbonyl (C=O) groups is 1. The largest absolute Gasteiger partial charge is 0.506 e. The Hall–Kier alpha value is -2.23. The van der Waals surface area contributed by atoms with Crippen LogP contribution in [0.15, 0.2) is 24.3 Å². The lowest BCUT2D eigenvalue weighted by molar-refractivity contribution is -0.277. The summed E-state index contributed by atoms with van der Waals surface area (Å²) in [6.45, 7) is 2.47. The number of rotatable bonds is 4. The maximum Gasteiger partial charge on any atom is 0.229 e. The number of fused-ring (bicyclic) bond motifs is 1. The molecule has 0 saturated carbocycles. The molecule has 1 saturated heterocycles. The average Bonchev–Trinajstić information content (AvgIpc) is 2.61. The van der Waals surface area contributed by atoms with Gasteiger partial charge in [-0.15, -0.1) is 0 Å². The highest BCUT2D eigenvalue weighted by atomic mass is 16.7. The van der Waals surface area contributed by atoms with Crippen LogP contribution >= 0.6 is 0 Å². The molecule has 0 amide bonds. The molecular weight excluding hydrogens is 356 g/mol. The number of phenols is 1. The number of phenolic OH excluding ortho intramolecular Hbond substituents is 1. The number of Topliss-reactive ketones (excluding diaryl/α,β-unsaturated/α-hetero) is 1. The third-order valence-corrected chi connectivity index (χ3v) is 4.74. The Kier molecular flexibility index (Phi) is 5.36. The van der Waals surface area contributed by atoms with Crippen LogP contribution in [0.3, 0.4) is 0 Å². The molecule has 8 nitrogen and oxygen atoms in total. The van der Waals surface area contributed by atoms with Gasteiger partial charge in [0.25, 0.3) is 0 Å². The summed E-state index contributed by atoms with van der Waals surface area (Å²) in [4.78, 5) is 11.9. The Bertz CT molecular complexity index is 862. The fraction of sp³-hybridized carbons (Fsp3) is 0.421. The van der Waals surface area contributed by atoms with Crippen molar-refractivity contribution in [3.05, 3.63) is 35.4 Å². The van der Waals surface area contributed by atoms with E-state index in [4.69, 9.17) is 9.47 Å². The Morgan fingerprint density at radius 1 is 1.19 bits per heavy atom. The second kappa shape index (κ2) is 7.41. The highest BCUT2D eigenvalue weighted by Crippen LogP contribution is 2.39. The van der Waals surface area contributed by atoms with E-state index in [1.165, 1.54) is 13.0 Å². The maximum absolute atomic E-state index is 11.9. The quantitative estimate of drug-likeness (QED) is 0.477. The van der Waals surface area contributed by atoms with Crippen LogP contribution in [0.5, 0.6) is 11.5 Å². The minimum atomic E-state index is -1.59. The minimum absolute atomic E-state index is 0.122. The van der Waals surface area contributed by atoms with Crippen LogP contribution in [-0.4, -0.2) is 68.6 Å². The van der Waals surface area contributed by atoms with E-state index in [1.807, 2.05) is 0 Å². The molecule has 8 heteroatoms. The lowest BCUT2D eigenvalue weighted by atomic mass is 9.97. The van der Waals surface area contributed by atoms with Crippen molar-refractivity contribution >= 4 is 16.6 Å². The highest BCUT2D eigenvalue weighted by molar-refractivity contribution is 6.06. The summed E-state index contributed by atoms with van der Waals surface area (Å²) in [6.07, 6.45) is -7.19. The van der Waals surface area contributed by atoms with Gasteiger partial charge in [-0.1, -0.05) is 18.2 Å². The number of aryl methyl sites for hydroxylation is 1. The number of ketones is 1. The standard InChI is InChI=1S/C19H22O8/c1-8-6-10-4-3-5-11(14(10)16(23)13(8)9(2)21)26-19-18(25)17(24)15(22)12(7-20)27-19/h3-6,12,15,17-20,22-25H,7H2,1-2H3/t12-,15+,17+,18+,19+/m0/s1. The molecule has 2 aromatic carbocycles. The Morgan fingerprint density at radius 3 is 2.52 bits per heavy atom. The van der Waals surface area contributed by atoms with E-state index in [-0.39, 0.29) is 28.2 Å². The number of benzene rings is 2. The molecule has 0 unspecified atom stereocenters. The van der Waals surface area contributed by atoms with Gasteiger partial charge >= 0.3 is 0 Å². The summed E-state index contributed by atoms with van der Waals surface area (Å²) in [6, 6.07) is 6.63. The van der Waals surface area contributed by atoms with Crippen LogP contribution in [0.1, 0.15) is 22.8 Å². The predicted molar refractivity (Wildman–Crippen MR) is 94.7 cm³/mol. The van der Waals surface area contributed by atoms with Crippen LogP contribution in [0.4, 0.5) is 0 Å². The Balaban J connectivity index is 2.04. The molecule has 146 valence electrons. The molecule has 0 spiro atoms. The molecule has 0 bridgehead atoms. The monoisotopic (exact) mass is 378 g/mol. The van der Waals surface area contributed by atoms with Crippen LogP contribution in [-0.2, 0) is 4.74 Å². The number of aromatic hydroxyl groups is 1. The third kappa shape index (κ3) is 3.38. The molecule has 27 heavy (non-hydrogen) atoms. The van der Waals surface area contributed by atoms with E-state index < -0.39 is 37.3 Å².